The number of pyridine rings is 1. The van der Waals surface area contributed by atoms with Gasteiger partial charge in [-0.2, -0.15) is 0 Å². The number of hydrogen-bond donors (Lipinski definition) is 0. The van der Waals surface area contributed by atoms with Gasteiger partial charge in [-0.15, -0.1) is 12.1 Å². The molecule has 0 amide bonds. The Morgan fingerprint density at radius 1 is 1.62 bits per heavy atom. The van der Waals surface area contributed by atoms with Crippen LogP contribution in [-0.2, 0) is 32.7 Å². The van der Waals surface area contributed by atoms with E-state index in [0.29, 0.717) is 11.2 Å². The SMILES string of the molecule is Cc1cnc2c(C=O)cc[c-]n12.[Y]. The maximum atomic E-state index is 10.6. The Morgan fingerprint density at radius 2 is 2.38 bits per heavy atom. The van der Waals surface area contributed by atoms with Crippen LogP contribution in [-0.4, -0.2) is 15.7 Å². The third kappa shape index (κ3) is 1.72. The van der Waals surface area contributed by atoms with Crippen molar-refractivity contribution in [3.63, 3.8) is 0 Å². The third-order valence-electron chi connectivity index (χ3n) is 1.79. The zero-order chi connectivity index (χ0) is 8.55. The van der Waals surface area contributed by atoms with Crippen molar-refractivity contribution in [3.05, 3.63) is 35.8 Å². The number of imidazole rings is 1. The molecule has 2 heterocycles. The van der Waals surface area contributed by atoms with Gasteiger partial charge in [0.25, 0.3) is 0 Å². The van der Waals surface area contributed by atoms with Gasteiger partial charge in [-0.3, -0.25) is 9.78 Å². The predicted molar refractivity (Wildman–Crippen MR) is 44.2 cm³/mol. The summed E-state index contributed by atoms with van der Waals surface area (Å²) in [4.78, 5) is 14.7. The molecule has 0 bridgehead atoms. The van der Waals surface area contributed by atoms with Gasteiger partial charge >= 0.3 is 0 Å². The second kappa shape index (κ2) is 4.12. The number of hydrogen-bond acceptors (Lipinski definition) is 2. The van der Waals surface area contributed by atoms with Gasteiger partial charge in [0, 0.05) is 32.7 Å². The molecule has 2 aromatic heterocycles. The van der Waals surface area contributed by atoms with Gasteiger partial charge < -0.3 is 4.40 Å². The molecule has 0 fully saturated rings. The molecule has 63 valence electrons. The van der Waals surface area contributed by atoms with E-state index in [9.17, 15) is 4.79 Å². The van der Waals surface area contributed by atoms with Crippen LogP contribution in [0.2, 0.25) is 0 Å². The molecule has 0 N–H and O–H groups in total. The number of aromatic nitrogens is 2. The molecule has 0 saturated carbocycles. The molecule has 2 aromatic rings. The predicted octanol–water partition coefficient (Wildman–Crippen LogP) is 1.25. The maximum absolute atomic E-state index is 10.6. The Hall–Kier alpha value is -0.536. The molecule has 1 radical (unpaired) electrons. The molecule has 0 aliphatic heterocycles. The van der Waals surface area contributed by atoms with Crippen LogP contribution in [0.1, 0.15) is 16.1 Å². The van der Waals surface area contributed by atoms with E-state index in [1.54, 1.807) is 22.7 Å². The van der Waals surface area contributed by atoms with Gasteiger partial charge in [0.15, 0.2) is 0 Å². The van der Waals surface area contributed by atoms with Crippen molar-refractivity contribution in [3.8, 4) is 0 Å². The van der Waals surface area contributed by atoms with Crippen molar-refractivity contribution in [2.24, 2.45) is 0 Å². The number of fused-ring (bicyclic) bond motifs is 1. The summed E-state index contributed by atoms with van der Waals surface area (Å²) >= 11 is 0. The Balaban J connectivity index is 0.000000845. The Bertz CT molecular complexity index is 436. The molecule has 2 rings (SSSR count). The van der Waals surface area contributed by atoms with Crippen molar-refractivity contribution in [2.45, 2.75) is 6.92 Å². The molecular weight excluding hydrogens is 241 g/mol. The molecule has 0 atom stereocenters. The maximum Gasteiger partial charge on any atom is 0.135 e. The van der Waals surface area contributed by atoms with Gasteiger partial charge in [-0.05, 0) is 17.5 Å². The number of carbonyl (C=O) groups is 1. The van der Waals surface area contributed by atoms with Gasteiger partial charge in [0.2, 0.25) is 0 Å². The topological polar surface area (TPSA) is 34.4 Å². The summed E-state index contributed by atoms with van der Waals surface area (Å²) in [6.45, 7) is 1.92. The van der Waals surface area contributed by atoms with E-state index in [1.807, 2.05) is 6.92 Å². The second-order valence-electron chi connectivity index (χ2n) is 2.59. The first kappa shape index (κ1) is 10.5. The van der Waals surface area contributed by atoms with Crippen LogP contribution in [0.3, 0.4) is 0 Å². The van der Waals surface area contributed by atoms with Crippen LogP contribution in [0, 0.1) is 13.1 Å². The Kier molecular flexibility index (Phi) is 3.34. The summed E-state index contributed by atoms with van der Waals surface area (Å²) in [5.74, 6) is 0. The van der Waals surface area contributed by atoms with E-state index in [0.717, 1.165) is 12.0 Å². The first-order valence-corrected chi connectivity index (χ1v) is 3.63. The van der Waals surface area contributed by atoms with E-state index < -0.39 is 0 Å². The van der Waals surface area contributed by atoms with E-state index in [2.05, 4.69) is 11.2 Å². The molecule has 0 spiro atoms. The number of aryl methyl sites for hydroxylation is 1. The molecule has 0 aliphatic rings. The van der Waals surface area contributed by atoms with E-state index in [1.165, 1.54) is 0 Å². The standard InChI is InChI=1S/C9H7N2O.Y/c1-7-5-10-9-8(6-12)3-2-4-11(7)9;/h2-3,5-6H,1H3;/q-1;. The smallest absolute Gasteiger partial charge is 0.135 e. The summed E-state index contributed by atoms with van der Waals surface area (Å²) in [6.07, 6.45) is 5.49. The molecule has 3 nitrogen and oxygen atoms in total. The largest absolute Gasteiger partial charge is 0.424 e. The van der Waals surface area contributed by atoms with Crippen molar-refractivity contribution < 1.29 is 37.5 Å². The van der Waals surface area contributed by atoms with Crippen LogP contribution >= 0.6 is 0 Å². The van der Waals surface area contributed by atoms with Gasteiger partial charge in [0.05, 0.1) is 5.65 Å². The zero-order valence-corrected chi connectivity index (χ0v) is 10.0. The first-order chi connectivity index (χ1) is 5.83. The van der Waals surface area contributed by atoms with Crippen LogP contribution < -0.4 is 0 Å². The van der Waals surface area contributed by atoms with Crippen molar-refractivity contribution in [1.29, 1.82) is 0 Å². The molecular formula is C9H7N2OY-. The van der Waals surface area contributed by atoms with Gasteiger partial charge in [-0.25, -0.2) is 0 Å². The summed E-state index contributed by atoms with van der Waals surface area (Å²) in [7, 11) is 0. The fourth-order valence-electron chi connectivity index (χ4n) is 1.17. The number of nitrogens with zero attached hydrogens (tertiary/aromatic N) is 2. The number of aldehydes is 1. The fraction of sp³-hybridized carbons (Fsp3) is 0.111. The average molecular weight is 248 g/mol. The molecule has 4 heteroatoms. The molecule has 0 unspecified atom stereocenters. The summed E-state index contributed by atoms with van der Waals surface area (Å²) < 4.78 is 1.77. The van der Waals surface area contributed by atoms with Crippen LogP contribution in [0.25, 0.3) is 5.65 Å². The molecule has 0 aliphatic carbocycles. The zero-order valence-electron chi connectivity index (χ0n) is 7.19. The number of rotatable bonds is 1. The van der Waals surface area contributed by atoms with E-state index in [4.69, 9.17) is 0 Å². The van der Waals surface area contributed by atoms with E-state index >= 15 is 0 Å². The molecule has 0 aromatic carbocycles. The summed E-state index contributed by atoms with van der Waals surface area (Å²) in [5.41, 5.74) is 2.25. The third-order valence-corrected chi connectivity index (χ3v) is 1.79. The molecule has 0 saturated heterocycles. The minimum Gasteiger partial charge on any atom is -0.424 e. The quantitative estimate of drug-likeness (QED) is 0.562. The average Bonchev–Trinajstić information content (AvgIpc) is 2.48. The van der Waals surface area contributed by atoms with Crippen molar-refractivity contribution in [2.75, 3.05) is 0 Å². The van der Waals surface area contributed by atoms with Crippen molar-refractivity contribution >= 4 is 11.9 Å². The van der Waals surface area contributed by atoms with Gasteiger partial charge in [-0.1, -0.05) is 13.1 Å². The Morgan fingerprint density at radius 3 is 3.08 bits per heavy atom. The summed E-state index contributed by atoms with van der Waals surface area (Å²) in [5, 5.41) is 0. The fourth-order valence-corrected chi connectivity index (χ4v) is 1.17. The normalized spacial score (nSPS) is 9.62. The minimum atomic E-state index is 0. The monoisotopic (exact) mass is 248 g/mol. The van der Waals surface area contributed by atoms with Crippen LogP contribution in [0.5, 0.6) is 0 Å². The minimum absolute atomic E-state index is 0. The summed E-state index contributed by atoms with van der Waals surface area (Å²) in [6, 6.07) is 3.42. The number of carbonyl (C=O) groups excluding carboxylic acids is 1. The first-order valence-electron chi connectivity index (χ1n) is 3.63. The van der Waals surface area contributed by atoms with Crippen molar-refractivity contribution in [1.82, 2.24) is 9.38 Å². The van der Waals surface area contributed by atoms with Crippen LogP contribution in [0.15, 0.2) is 18.3 Å². The Labute approximate surface area is 101 Å². The van der Waals surface area contributed by atoms with E-state index in [-0.39, 0.29) is 32.7 Å². The van der Waals surface area contributed by atoms with Crippen LogP contribution in [0.4, 0.5) is 0 Å². The van der Waals surface area contributed by atoms with Gasteiger partial charge in [0.1, 0.15) is 6.29 Å². The molecule has 13 heavy (non-hydrogen) atoms. The second-order valence-corrected chi connectivity index (χ2v) is 2.59.